The van der Waals surface area contributed by atoms with Crippen LogP contribution in [0.25, 0.3) is 0 Å². The van der Waals surface area contributed by atoms with Gasteiger partial charge in [0.1, 0.15) is 17.6 Å². The van der Waals surface area contributed by atoms with Crippen LogP contribution < -0.4 is 9.47 Å². The van der Waals surface area contributed by atoms with Crippen LogP contribution in [0.1, 0.15) is 21.5 Å². The van der Waals surface area contributed by atoms with Gasteiger partial charge in [-0.05, 0) is 23.3 Å². The zero-order chi connectivity index (χ0) is 19.8. The molecular formula is C24H24O4. The lowest BCUT2D eigenvalue weighted by molar-refractivity contribution is 0.0339. The summed E-state index contributed by atoms with van der Waals surface area (Å²) in [6.07, 6.45) is -0.133. The van der Waals surface area contributed by atoms with Gasteiger partial charge >= 0.3 is 0 Å². The van der Waals surface area contributed by atoms with Crippen LogP contribution >= 0.6 is 0 Å². The molecule has 28 heavy (non-hydrogen) atoms. The van der Waals surface area contributed by atoms with Crippen molar-refractivity contribution in [2.45, 2.75) is 19.1 Å². The fourth-order valence-electron chi connectivity index (χ4n) is 3.00. The van der Waals surface area contributed by atoms with Crippen molar-refractivity contribution in [1.29, 1.82) is 0 Å². The number of Topliss-reactive ketones (excluding diaryl/α,β-unsaturated/α-hetero) is 1. The molecule has 0 aliphatic rings. The van der Waals surface area contributed by atoms with Crippen molar-refractivity contribution < 1.29 is 19.0 Å². The molecule has 0 aliphatic heterocycles. The Morgan fingerprint density at radius 3 is 2.07 bits per heavy atom. The number of rotatable bonds is 9. The molecule has 0 amide bonds. The molecule has 0 N–H and O–H groups in total. The van der Waals surface area contributed by atoms with E-state index < -0.39 is 6.10 Å². The van der Waals surface area contributed by atoms with Gasteiger partial charge in [0.2, 0.25) is 0 Å². The molecule has 0 aliphatic carbocycles. The second-order valence-electron chi connectivity index (χ2n) is 6.41. The number of ketones is 1. The molecule has 1 atom stereocenters. The average Bonchev–Trinajstić information content (AvgIpc) is 2.77. The SMILES string of the molecule is COc1ccc(C(=O)[C@H](Cc2ccccc2)OCc2ccccc2)c(OC)c1. The molecule has 3 aromatic rings. The van der Waals surface area contributed by atoms with E-state index in [1.165, 1.54) is 0 Å². The minimum Gasteiger partial charge on any atom is -0.497 e. The minimum absolute atomic E-state index is 0.112. The van der Waals surface area contributed by atoms with E-state index in [0.717, 1.165) is 11.1 Å². The highest BCUT2D eigenvalue weighted by atomic mass is 16.5. The molecular weight excluding hydrogens is 352 g/mol. The Balaban J connectivity index is 1.85. The Labute approximate surface area is 165 Å². The number of hydrogen-bond donors (Lipinski definition) is 0. The van der Waals surface area contributed by atoms with Crippen LogP contribution in [-0.2, 0) is 17.8 Å². The normalized spacial score (nSPS) is 11.6. The predicted molar refractivity (Wildman–Crippen MR) is 109 cm³/mol. The highest BCUT2D eigenvalue weighted by Crippen LogP contribution is 2.27. The van der Waals surface area contributed by atoms with Crippen molar-refractivity contribution in [3.8, 4) is 11.5 Å². The van der Waals surface area contributed by atoms with Crippen molar-refractivity contribution in [2.24, 2.45) is 0 Å². The maximum absolute atomic E-state index is 13.3. The molecule has 0 saturated heterocycles. The fraction of sp³-hybridized carbons (Fsp3) is 0.208. The highest BCUT2D eigenvalue weighted by Gasteiger charge is 2.24. The predicted octanol–water partition coefficient (Wildman–Crippen LogP) is 4.71. The summed E-state index contributed by atoms with van der Waals surface area (Å²) < 4.78 is 16.7. The molecule has 0 spiro atoms. The third kappa shape index (κ3) is 4.99. The Hall–Kier alpha value is -3.11. The summed E-state index contributed by atoms with van der Waals surface area (Å²) in [5, 5.41) is 0. The smallest absolute Gasteiger partial charge is 0.195 e. The van der Waals surface area contributed by atoms with Crippen LogP contribution in [0.2, 0.25) is 0 Å². The number of carbonyl (C=O) groups is 1. The van der Waals surface area contributed by atoms with Crippen LogP contribution in [0.3, 0.4) is 0 Å². The molecule has 4 nitrogen and oxygen atoms in total. The Morgan fingerprint density at radius 2 is 1.46 bits per heavy atom. The molecule has 0 unspecified atom stereocenters. The van der Waals surface area contributed by atoms with Crippen molar-refractivity contribution in [3.63, 3.8) is 0 Å². The van der Waals surface area contributed by atoms with Crippen molar-refractivity contribution >= 4 is 5.78 Å². The molecule has 0 radical (unpaired) electrons. The lowest BCUT2D eigenvalue weighted by Gasteiger charge is -2.19. The largest absolute Gasteiger partial charge is 0.497 e. The molecule has 3 aromatic carbocycles. The van der Waals surface area contributed by atoms with Crippen LogP contribution in [0, 0.1) is 0 Å². The first-order valence-electron chi connectivity index (χ1n) is 9.17. The van der Waals surface area contributed by atoms with Gasteiger partial charge in [-0.3, -0.25) is 4.79 Å². The molecule has 0 bridgehead atoms. The molecule has 3 rings (SSSR count). The van der Waals surface area contributed by atoms with E-state index in [1.54, 1.807) is 32.4 Å². The van der Waals surface area contributed by atoms with Gasteiger partial charge in [0.25, 0.3) is 0 Å². The number of ether oxygens (including phenoxy) is 3. The van der Waals surface area contributed by atoms with Gasteiger partial charge in [0.05, 0.1) is 26.4 Å². The highest BCUT2D eigenvalue weighted by molar-refractivity contribution is 6.02. The first kappa shape index (κ1) is 19.6. The van der Waals surface area contributed by atoms with Crippen LogP contribution in [0.4, 0.5) is 0 Å². The van der Waals surface area contributed by atoms with Crippen LogP contribution in [0.15, 0.2) is 78.9 Å². The maximum atomic E-state index is 13.3. The van der Waals surface area contributed by atoms with Gasteiger partial charge in [-0.15, -0.1) is 0 Å². The summed E-state index contributed by atoms with van der Waals surface area (Å²) in [5.41, 5.74) is 2.55. The topological polar surface area (TPSA) is 44.8 Å². The lowest BCUT2D eigenvalue weighted by Crippen LogP contribution is -2.27. The number of methoxy groups -OCH3 is 2. The van der Waals surface area contributed by atoms with E-state index in [9.17, 15) is 4.79 Å². The molecule has 4 heteroatoms. The summed E-state index contributed by atoms with van der Waals surface area (Å²) in [6, 6.07) is 24.9. The van der Waals surface area contributed by atoms with Gasteiger partial charge in [0, 0.05) is 12.5 Å². The summed E-state index contributed by atoms with van der Waals surface area (Å²) >= 11 is 0. The fourth-order valence-corrected chi connectivity index (χ4v) is 3.00. The molecule has 0 saturated carbocycles. The second kappa shape index (κ2) is 9.72. The Morgan fingerprint density at radius 1 is 0.821 bits per heavy atom. The third-order valence-electron chi connectivity index (χ3n) is 4.52. The Kier molecular flexibility index (Phi) is 6.82. The molecule has 0 heterocycles. The third-order valence-corrected chi connectivity index (χ3v) is 4.52. The van der Waals surface area contributed by atoms with E-state index in [-0.39, 0.29) is 5.78 Å². The first-order chi connectivity index (χ1) is 13.7. The first-order valence-corrected chi connectivity index (χ1v) is 9.17. The number of carbonyl (C=O) groups excluding carboxylic acids is 1. The number of benzene rings is 3. The van der Waals surface area contributed by atoms with Crippen molar-refractivity contribution in [1.82, 2.24) is 0 Å². The molecule has 0 aromatic heterocycles. The standard InChI is InChI=1S/C24H24O4/c1-26-20-13-14-21(22(16-20)27-2)24(25)23(15-18-9-5-3-6-10-18)28-17-19-11-7-4-8-12-19/h3-14,16,23H,15,17H2,1-2H3/t23-/m0/s1. The summed E-state index contributed by atoms with van der Waals surface area (Å²) in [6.45, 7) is 0.364. The van der Waals surface area contributed by atoms with Crippen LogP contribution in [-0.4, -0.2) is 26.1 Å². The minimum atomic E-state index is -0.620. The monoisotopic (exact) mass is 376 g/mol. The maximum Gasteiger partial charge on any atom is 0.195 e. The van der Waals surface area contributed by atoms with Gasteiger partial charge in [0.15, 0.2) is 5.78 Å². The summed E-state index contributed by atoms with van der Waals surface area (Å²) in [4.78, 5) is 13.3. The zero-order valence-corrected chi connectivity index (χ0v) is 16.1. The quantitative estimate of drug-likeness (QED) is 0.507. The Bertz CT molecular complexity index is 891. The summed E-state index contributed by atoms with van der Waals surface area (Å²) in [7, 11) is 3.13. The van der Waals surface area contributed by atoms with Crippen molar-refractivity contribution in [2.75, 3.05) is 14.2 Å². The van der Waals surface area contributed by atoms with E-state index in [2.05, 4.69) is 0 Å². The van der Waals surface area contributed by atoms with E-state index in [0.29, 0.717) is 30.1 Å². The van der Waals surface area contributed by atoms with Crippen molar-refractivity contribution in [3.05, 3.63) is 95.6 Å². The zero-order valence-electron chi connectivity index (χ0n) is 16.1. The number of hydrogen-bond acceptors (Lipinski definition) is 4. The van der Waals surface area contributed by atoms with Gasteiger partial charge in [-0.2, -0.15) is 0 Å². The van der Waals surface area contributed by atoms with Crippen LogP contribution in [0.5, 0.6) is 11.5 Å². The van der Waals surface area contributed by atoms with Gasteiger partial charge in [-0.1, -0.05) is 60.7 Å². The lowest BCUT2D eigenvalue weighted by atomic mass is 9.99. The van der Waals surface area contributed by atoms with Gasteiger partial charge < -0.3 is 14.2 Å². The van der Waals surface area contributed by atoms with E-state index in [1.807, 2.05) is 60.7 Å². The van der Waals surface area contributed by atoms with Gasteiger partial charge in [-0.25, -0.2) is 0 Å². The molecule has 0 fully saturated rings. The van der Waals surface area contributed by atoms with E-state index in [4.69, 9.17) is 14.2 Å². The average molecular weight is 376 g/mol. The van der Waals surface area contributed by atoms with E-state index >= 15 is 0 Å². The second-order valence-corrected chi connectivity index (χ2v) is 6.41. The summed E-state index contributed by atoms with van der Waals surface area (Å²) in [5.74, 6) is 1.00. The molecule has 144 valence electrons.